The molecule has 0 saturated carbocycles. The summed E-state index contributed by atoms with van der Waals surface area (Å²) in [5, 5.41) is 5.86. The molecule has 0 radical (unpaired) electrons. The van der Waals surface area contributed by atoms with Gasteiger partial charge < -0.3 is 38.2 Å². The number of ether oxygens (including phenoxy) is 2. The van der Waals surface area contributed by atoms with Crippen LogP contribution in [0.15, 0.2) is 53.0 Å². The molecule has 39 heavy (non-hydrogen) atoms. The SMILES string of the molecule is CCCCCCNC(=O)[C@H](Cc1ccc(OC(=O)OCc2ccccc2Br)cc1)NC(=O)CCCCC[NH3+].[Cl-]. The molecule has 1 atom stereocenters. The summed E-state index contributed by atoms with van der Waals surface area (Å²) in [6.45, 7) is 3.67. The number of halogens is 2. The van der Waals surface area contributed by atoms with Gasteiger partial charge in [0, 0.05) is 29.4 Å². The molecule has 0 fully saturated rings. The van der Waals surface area contributed by atoms with Crippen molar-refractivity contribution in [1.29, 1.82) is 0 Å². The van der Waals surface area contributed by atoms with E-state index in [1.54, 1.807) is 24.3 Å². The van der Waals surface area contributed by atoms with Gasteiger partial charge in [0.2, 0.25) is 11.8 Å². The first kappa shape index (κ1) is 34.4. The molecule has 2 rings (SSSR count). The van der Waals surface area contributed by atoms with Crippen LogP contribution in [-0.4, -0.2) is 37.1 Å². The maximum atomic E-state index is 12.9. The van der Waals surface area contributed by atoms with E-state index in [0.717, 1.165) is 67.1 Å². The average Bonchev–Trinajstić information content (AvgIpc) is 2.91. The highest BCUT2D eigenvalue weighted by atomic mass is 79.9. The second kappa shape index (κ2) is 20.3. The maximum absolute atomic E-state index is 12.9. The van der Waals surface area contributed by atoms with Crippen LogP contribution >= 0.6 is 15.9 Å². The topological polar surface area (TPSA) is 121 Å². The van der Waals surface area contributed by atoms with Crippen LogP contribution in [0, 0.1) is 0 Å². The van der Waals surface area contributed by atoms with Gasteiger partial charge in [0.1, 0.15) is 18.4 Å². The van der Waals surface area contributed by atoms with E-state index in [4.69, 9.17) is 9.47 Å². The zero-order chi connectivity index (χ0) is 27.6. The minimum absolute atomic E-state index is 0. The molecule has 5 N–H and O–H groups in total. The fourth-order valence-electron chi connectivity index (χ4n) is 3.81. The predicted octanol–water partition coefficient (Wildman–Crippen LogP) is 1.69. The molecule has 0 unspecified atom stereocenters. The Labute approximate surface area is 246 Å². The van der Waals surface area contributed by atoms with Crippen LogP contribution in [0.2, 0.25) is 0 Å². The van der Waals surface area contributed by atoms with Crippen LogP contribution in [0.3, 0.4) is 0 Å². The molecule has 8 nitrogen and oxygen atoms in total. The molecule has 10 heteroatoms. The summed E-state index contributed by atoms with van der Waals surface area (Å²) in [5.41, 5.74) is 5.49. The summed E-state index contributed by atoms with van der Waals surface area (Å²) in [7, 11) is 0. The highest BCUT2D eigenvalue weighted by molar-refractivity contribution is 9.10. The molecular formula is C29H41BrClN3O5. The van der Waals surface area contributed by atoms with Gasteiger partial charge in [-0.25, -0.2) is 4.79 Å². The van der Waals surface area contributed by atoms with E-state index >= 15 is 0 Å². The third kappa shape index (κ3) is 14.4. The van der Waals surface area contributed by atoms with Gasteiger partial charge in [0.25, 0.3) is 0 Å². The molecule has 0 spiro atoms. The molecule has 2 aromatic carbocycles. The van der Waals surface area contributed by atoms with Gasteiger partial charge in [-0.1, -0.05) is 72.4 Å². The fraction of sp³-hybridized carbons (Fsp3) is 0.483. The van der Waals surface area contributed by atoms with E-state index in [0.29, 0.717) is 25.1 Å². The lowest BCUT2D eigenvalue weighted by molar-refractivity contribution is -0.368. The Kier molecular flexibility index (Phi) is 17.9. The summed E-state index contributed by atoms with van der Waals surface area (Å²) < 4.78 is 11.3. The van der Waals surface area contributed by atoms with Crippen LogP contribution in [0.5, 0.6) is 5.75 Å². The number of carbonyl (C=O) groups is 3. The maximum Gasteiger partial charge on any atom is 0.514 e. The van der Waals surface area contributed by atoms with Crippen LogP contribution in [0.4, 0.5) is 4.79 Å². The van der Waals surface area contributed by atoms with E-state index in [2.05, 4.69) is 39.2 Å². The van der Waals surface area contributed by atoms with Gasteiger partial charge in [-0.05, 0) is 49.4 Å². The predicted molar refractivity (Wildman–Crippen MR) is 150 cm³/mol. The number of carbonyl (C=O) groups excluding carboxylic acids is 3. The molecule has 2 amide bonds. The normalized spacial score (nSPS) is 11.2. The average molecular weight is 627 g/mol. The summed E-state index contributed by atoms with van der Waals surface area (Å²) in [5.74, 6) is 0.00813. The Bertz CT molecular complexity index is 1010. The van der Waals surface area contributed by atoms with Crippen molar-refractivity contribution >= 4 is 33.9 Å². The molecule has 0 aliphatic rings. The highest BCUT2D eigenvalue weighted by Crippen LogP contribution is 2.18. The number of rotatable bonds is 17. The van der Waals surface area contributed by atoms with E-state index in [1.807, 2.05) is 24.3 Å². The van der Waals surface area contributed by atoms with Gasteiger partial charge in [-0.2, -0.15) is 0 Å². The van der Waals surface area contributed by atoms with Crippen molar-refractivity contribution < 1.29 is 42.0 Å². The molecule has 0 aliphatic carbocycles. The smallest absolute Gasteiger partial charge is 0.514 e. The zero-order valence-electron chi connectivity index (χ0n) is 22.7. The molecule has 2 aromatic rings. The Balaban J connectivity index is 0.00000760. The van der Waals surface area contributed by atoms with Crippen molar-refractivity contribution in [2.24, 2.45) is 0 Å². The monoisotopic (exact) mass is 625 g/mol. The molecule has 216 valence electrons. The third-order valence-corrected chi connectivity index (χ3v) is 6.78. The van der Waals surface area contributed by atoms with Crippen LogP contribution in [0.1, 0.15) is 69.4 Å². The Morgan fingerprint density at radius 1 is 0.949 bits per heavy atom. The number of unbranched alkanes of at least 4 members (excludes halogenated alkanes) is 5. The number of quaternary nitrogens is 1. The van der Waals surface area contributed by atoms with Crippen molar-refractivity contribution in [3.05, 3.63) is 64.1 Å². The summed E-state index contributed by atoms with van der Waals surface area (Å²) in [4.78, 5) is 37.5. The third-order valence-electron chi connectivity index (χ3n) is 6.00. The lowest BCUT2D eigenvalue weighted by Crippen LogP contribution is -3.00. The first-order valence-electron chi connectivity index (χ1n) is 13.5. The largest absolute Gasteiger partial charge is 1.00 e. The molecule has 0 aliphatic heterocycles. The second-order valence-electron chi connectivity index (χ2n) is 9.22. The Morgan fingerprint density at radius 2 is 1.67 bits per heavy atom. The van der Waals surface area contributed by atoms with Crippen molar-refractivity contribution in [1.82, 2.24) is 10.6 Å². The van der Waals surface area contributed by atoms with Crippen LogP contribution in [-0.2, 0) is 27.4 Å². The number of hydrogen-bond donors (Lipinski definition) is 3. The lowest BCUT2D eigenvalue weighted by Gasteiger charge is -2.19. The van der Waals surface area contributed by atoms with Gasteiger partial charge in [0.05, 0.1) is 6.54 Å². The molecule has 0 aromatic heterocycles. The highest BCUT2D eigenvalue weighted by Gasteiger charge is 2.21. The number of hydrogen-bond acceptors (Lipinski definition) is 5. The first-order chi connectivity index (χ1) is 18.4. The van der Waals surface area contributed by atoms with E-state index in [-0.39, 0.29) is 30.8 Å². The van der Waals surface area contributed by atoms with Crippen molar-refractivity contribution in [3.63, 3.8) is 0 Å². The molecule has 0 bridgehead atoms. The van der Waals surface area contributed by atoms with Crippen molar-refractivity contribution in [2.75, 3.05) is 13.1 Å². The van der Waals surface area contributed by atoms with Crippen LogP contribution in [0.25, 0.3) is 0 Å². The minimum Gasteiger partial charge on any atom is -1.00 e. The Morgan fingerprint density at radius 3 is 2.36 bits per heavy atom. The van der Waals surface area contributed by atoms with E-state index < -0.39 is 12.2 Å². The quantitative estimate of drug-likeness (QED) is 0.140. The summed E-state index contributed by atoms with van der Waals surface area (Å²) in [6.07, 6.45) is 6.85. The van der Waals surface area contributed by atoms with Crippen molar-refractivity contribution in [2.45, 2.75) is 77.4 Å². The molecule has 0 saturated heterocycles. The van der Waals surface area contributed by atoms with E-state index in [9.17, 15) is 14.4 Å². The van der Waals surface area contributed by atoms with Gasteiger partial charge in [-0.15, -0.1) is 0 Å². The molecule has 0 heterocycles. The summed E-state index contributed by atoms with van der Waals surface area (Å²) >= 11 is 3.42. The van der Waals surface area contributed by atoms with Crippen molar-refractivity contribution in [3.8, 4) is 5.75 Å². The molecular weight excluding hydrogens is 586 g/mol. The number of nitrogens with one attached hydrogen (secondary N) is 2. The minimum atomic E-state index is -0.806. The number of amides is 2. The van der Waals surface area contributed by atoms with Crippen LogP contribution < -0.4 is 33.5 Å². The Hall–Kier alpha value is -2.62. The first-order valence-corrected chi connectivity index (χ1v) is 14.3. The fourth-order valence-corrected chi connectivity index (χ4v) is 4.21. The number of benzene rings is 2. The van der Waals surface area contributed by atoms with Gasteiger partial charge >= 0.3 is 6.16 Å². The van der Waals surface area contributed by atoms with Gasteiger partial charge in [-0.3, -0.25) is 9.59 Å². The van der Waals surface area contributed by atoms with E-state index in [1.165, 1.54) is 0 Å². The van der Waals surface area contributed by atoms with Gasteiger partial charge in [0.15, 0.2) is 0 Å². The summed E-state index contributed by atoms with van der Waals surface area (Å²) in [6, 6.07) is 13.6. The standard InChI is InChI=1S/C29H40BrN3O5.ClH/c1-2-3-4-10-19-32-28(35)26(33-27(34)13-6-5-9-18-31)20-22-14-16-24(17-15-22)38-29(36)37-21-23-11-7-8-12-25(23)30;/h7-8,11-12,14-17,26H,2-6,9-10,13,18-21,31H2,1H3,(H,32,35)(H,33,34);1H/t26-;/m0./s1. The second-order valence-corrected chi connectivity index (χ2v) is 10.1. The lowest BCUT2D eigenvalue weighted by atomic mass is 10.0. The zero-order valence-corrected chi connectivity index (χ0v) is 25.0.